The number of benzene rings is 1. The Morgan fingerprint density at radius 2 is 1.97 bits per heavy atom. The Balaban J connectivity index is 1.55. The molecule has 1 aromatic carbocycles. The number of carbonyl (C=O) groups excluding carboxylic acids is 1. The Kier molecular flexibility index (Phi) is 5.43. The number of nitrogens with one attached hydrogen (secondary N) is 1. The smallest absolute Gasteiger partial charge is 0.258 e. The van der Waals surface area contributed by atoms with Gasteiger partial charge in [0.05, 0.1) is 35.1 Å². The van der Waals surface area contributed by atoms with Gasteiger partial charge in [-0.25, -0.2) is 9.97 Å². The maximum absolute atomic E-state index is 13.2. The van der Waals surface area contributed by atoms with Gasteiger partial charge in [-0.15, -0.1) is 0 Å². The molecule has 1 fully saturated rings. The summed E-state index contributed by atoms with van der Waals surface area (Å²) in [4.78, 5) is 23.9. The van der Waals surface area contributed by atoms with E-state index in [1.54, 1.807) is 11.0 Å². The lowest BCUT2D eigenvalue weighted by Crippen LogP contribution is -2.31. The van der Waals surface area contributed by atoms with Crippen LogP contribution in [0.3, 0.4) is 0 Å². The zero-order chi connectivity index (χ0) is 20.5. The summed E-state index contributed by atoms with van der Waals surface area (Å²) in [5.74, 6) is 1.01. The number of nitrogens with two attached hydrogens (primary N) is 1. The lowest BCUT2D eigenvalue weighted by molar-refractivity contribution is 0.0792. The van der Waals surface area contributed by atoms with Gasteiger partial charge in [-0.1, -0.05) is 23.7 Å². The molecule has 152 valence electrons. The van der Waals surface area contributed by atoms with E-state index in [0.29, 0.717) is 52.3 Å². The SMILES string of the molecule is Cc1nc(C2=C(N)CN(C(=O)c3ccccc3O[C@@H]3CCNC3)C2)nc(C)c1Cl. The van der Waals surface area contributed by atoms with Crippen molar-refractivity contribution in [2.24, 2.45) is 5.73 Å². The summed E-state index contributed by atoms with van der Waals surface area (Å²) in [7, 11) is 0. The molecule has 2 aliphatic rings. The molecule has 1 amide bonds. The molecule has 0 saturated carbocycles. The number of hydrogen-bond acceptors (Lipinski definition) is 6. The van der Waals surface area contributed by atoms with Crippen LogP contribution < -0.4 is 15.8 Å². The minimum absolute atomic E-state index is 0.0784. The fourth-order valence-corrected chi connectivity index (χ4v) is 3.75. The molecule has 29 heavy (non-hydrogen) atoms. The molecule has 1 aromatic heterocycles. The summed E-state index contributed by atoms with van der Waals surface area (Å²) in [6.45, 7) is 6.07. The van der Waals surface area contributed by atoms with Gasteiger partial charge in [0, 0.05) is 17.8 Å². The van der Waals surface area contributed by atoms with Gasteiger partial charge >= 0.3 is 0 Å². The quantitative estimate of drug-likeness (QED) is 0.798. The van der Waals surface area contributed by atoms with Crippen molar-refractivity contribution in [3.05, 3.63) is 57.8 Å². The first-order chi connectivity index (χ1) is 13.9. The molecule has 4 rings (SSSR count). The number of ether oxygens (including phenoxy) is 1. The summed E-state index contributed by atoms with van der Waals surface area (Å²) >= 11 is 6.18. The molecule has 0 unspecified atom stereocenters. The minimum Gasteiger partial charge on any atom is -0.488 e. The molecule has 0 spiro atoms. The largest absolute Gasteiger partial charge is 0.488 e. The second-order valence-corrected chi connectivity index (χ2v) is 7.80. The Bertz CT molecular complexity index is 962. The predicted molar refractivity (Wildman–Crippen MR) is 112 cm³/mol. The number of carbonyl (C=O) groups is 1. The average molecular weight is 414 g/mol. The van der Waals surface area contributed by atoms with E-state index in [1.807, 2.05) is 32.0 Å². The number of amides is 1. The van der Waals surface area contributed by atoms with Crippen molar-refractivity contribution in [3.63, 3.8) is 0 Å². The first kappa shape index (κ1) is 19.7. The third-order valence-electron chi connectivity index (χ3n) is 5.26. The van der Waals surface area contributed by atoms with Crippen LogP contribution in [-0.2, 0) is 0 Å². The van der Waals surface area contributed by atoms with Crippen molar-refractivity contribution in [1.29, 1.82) is 0 Å². The second-order valence-electron chi connectivity index (χ2n) is 7.43. The topological polar surface area (TPSA) is 93.4 Å². The van der Waals surface area contributed by atoms with E-state index in [0.717, 1.165) is 25.1 Å². The molecular formula is C21H24ClN5O2. The first-order valence-electron chi connectivity index (χ1n) is 9.68. The van der Waals surface area contributed by atoms with Crippen LogP contribution in [0, 0.1) is 13.8 Å². The Morgan fingerprint density at radius 1 is 1.24 bits per heavy atom. The van der Waals surface area contributed by atoms with Crippen molar-refractivity contribution in [2.75, 3.05) is 26.2 Å². The highest BCUT2D eigenvalue weighted by Gasteiger charge is 2.30. The number of aromatic nitrogens is 2. The second kappa shape index (κ2) is 8.00. The fraction of sp³-hybridized carbons (Fsp3) is 0.381. The number of nitrogens with zero attached hydrogens (tertiary/aromatic N) is 3. The predicted octanol–water partition coefficient (Wildman–Crippen LogP) is 2.31. The van der Waals surface area contributed by atoms with Crippen LogP contribution in [0.4, 0.5) is 0 Å². The van der Waals surface area contributed by atoms with Gasteiger partial charge in [-0.05, 0) is 38.9 Å². The third kappa shape index (κ3) is 3.93. The van der Waals surface area contributed by atoms with E-state index >= 15 is 0 Å². The van der Waals surface area contributed by atoms with Crippen molar-refractivity contribution in [1.82, 2.24) is 20.2 Å². The lowest BCUT2D eigenvalue weighted by atomic mass is 10.1. The summed E-state index contributed by atoms with van der Waals surface area (Å²) < 4.78 is 6.08. The molecular weight excluding hydrogens is 390 g/mol. The maximum atomic E-state index is 13.2. The molecule has 3 N–H and O–H groups in total. The Morgan fingerprint density at radius 3 is 2.66 bits per heavy atom. The van der Waals surface area contributed by atoms with E-state index < -0.39 is 0 Å². The van der Waals surface area contributed by atoms with Crippen LogP contribution in [0.2, 0.25) is 5.02 Å². The number of rotatable bonds is 4. The van der Waals surface area contributed by atoms with E-state index in [4.69, 9.17) is 22.1 Å². The lowest BCUT2D eigenvalue weighted by Gasteiger charge is -2.20. The zero-order valence-electron chi connectivity index (χ0n) is 16.5. The van der Waals surface area contributed by atoms with Crippen LogP contribution in [0.1, 0.15) is 34.0 Å². The number of para-hydroxylation sites is 1. The monoisotopic (exact) mass is 413 g/mol. The van der Waals surface area contributed by atoms with Crippen LogP contribution in [0.5, 0.6) is 5.75 Å². The van der Waals surface area contributed by atoms with E-state index in [9.17, 15) is 4.79 Å². The van der Waals surface area contributed by atoms with Crippen molar-refractivity contribution in [2.45, 2.75) is 26.4 Å². The van der Waals surface area contributed by atoms with Gasteiger partial charge in [0.25, 0.3) is 5.91 Å². The first-order valence-corrected chi connectivity index (χ1v) is 10.1. The Hall–Kier alpha value is -2.64. The molecule has 7 nitrogen and oxygen atoms in total. The molecule has 0 radical (unpaired) electrons. The molecule has 8 heteroatoms. The van der Waals surface area contributed by atoms with Crippen LogP contribution in [0.15, 0.2) is 30.0 Å². The third-order valence-corrected chi connectivity index (χ3v) is 5.81. The van der Waals surface area contributed by atoms with Crippen LogP contribution in [0.25, 0.3) is 5.57 Å². The van der Waals surface area contributed by atoms with Gasteiger partial charge in [0.15, 0.2) is 5.82 Å². The summed E-state index contributed by atoms with van der Waals surface area (Å²) in [6, 6.07) is 7.36. The Labute approximate surface area is 174 Å². The molecule has 1 atom stereocenters. The molecule has 2 aromatic rings. The molecule has 2 aliphatic heterocycles. The normalized spacial score (nSPS) is 19.1. The highest BCUT2D eigenvalue weighted by atomic mass is 35.5. The van der Waals surface area contributed by atoms with E-state index in [1.165, 1.54) is 0 Å². The highest BCUT2D eigenvalue weighted by Crippen LogP contribution is 2.28. The molecule has 0 aliphatic carbocycles. The maximum Gasteiger partial charge on any atom is 0.258 e. The zero-order valence-corrected chi connectivity index (χ0v) is 17.3. The molecule has 3 heterocycles. The van der Waals surface area contributed by atoms with Gasteiger partial charge in [0.2, 0.25) is 0 Å². The summed E-state index contributed by atoms with van der Waals surface area (Å²) in [5.41, 5.74) is 9.55. The number of hydrogen-bond donors (Lipinski definition) is 2. The van der Waals surface area contributed by atoms with E-state index in [2.05, 4.69) is 15.3 Å². The van der Waals surface area contributed by atoms with Gasteiger partial charge in [-0.2, -0.15) is 0 Å². The van der Waals surface area contributed by atoms with Crippen molar-refractivity contribution in [3.8, 4) is 5.75 Å². The molecule has 1 saturated heterocycles. The standard InChI is InChI=1S/C21H24ClN5O2/c1-12-19(22)13(2)26-20(25-12)16-10-27(11-17(16)23)21(28)15-5-3-4-6-18(15)29-14-7-8-24-9-14/h3-6,14,24H,7-11,23H2,1-2H3/t14-/m1/s1. The van der Waals surface area contributed by atoms with Crippen molar-refractivity contribution < 1.29 is 9.53 Å². The number of aryl methyl sites for hydroxylation is 2. The van der Waals surface area contributed by atoms with E-state index in [-0.39, 0.29) is 12.0 Å². The summed E-state index contributed by atoms with van der Waals surface area (Å²) in [5, 5.41) is 3.82. The van der Waals surface area contributed by atoms with Crippen molar-refractivity contribution >= 4 is 23.1 Å². The number of halogens is 1. The highest BCUT2D eigenvalue weighted by molar-refractivity contribution is 6.31. The van der Waals surface area contributed by atoms with Gasteiger partial charge in [-0.3, -0.25) is 4.79 Å². The fourth-order valence-electron chi connectivity index (χ4n) is 3.67. The van der Waals surface area contributed by atoms with Crippen LogP contribution in [-0.4, -0.2) is 53.1 Å². The molecule has 0 bridgehead atoms. The van der Waals surface area contributed by atoms with Gasteiger partial charge < -0.3 is 20.7 Å². The van der Waals surface area contributed by atoms with Gasteiger partial charge in [0.1, 0.15) is 11.9 Å². The van der Waals surface area contributed by atoms with Crippen LogP contribution >= 0.6 is 11.6 Å². The minimum atomic E-state index is -0.119. The average Bonchev–Trinajstić information content (AvgIpc) is 3.35. The summed E-state index contributed by atoms with van der Waals surface area (Å²) in [6.07, 6.45) is 1.01.